The van der Waals surface area contributed by atoms with E-state index in [-0.39, 0.29) is 11.7 Å². The molecule has 1 aromatic rings. The number of ether oxygens (including phenoxy) is 1. The summed E-state index contributed by atoms with van der Waals surface area (Å²) in [6.07, 6.45) is 6.00. The Labute approximate surface area is 122 Å². The Bertz CT molecular complexity index is 479. The SMILES string of the molecule is Nc1c(F)cc(C(=O)NCCOC2CCCCC2)cc1F. The highest BCUT2D eigenvalue weighted by Gasteiger charge is 2.15. The van der Waals surface area contributed by atoms with E-state index in [1.54, 1.807) is 0 Å². The lowest BCUT2D eigenvalue weighted by molar-refractivity contribution is 0.0299. The number of amides is 1. The normalized spacial score (nSPS) is 15.9. The summed E-state index contributed by atoms with van der Waals surface area (Å²) in [5.41, 5.74) is 4.49. The van der Waals surface area contributed by atoms with Gasteiger partial charge >= 0.3 is 0 Å². The van der Waals surface area contributed by atoms with Crippen LogP contribution in [-0.4, -0.2) is 25.2 Å². The third-order valence-corrected chi connectivity index (χ3v) is 3.63. The molecule has 116 valence electrons. The van der Waals surface area contributed by atoms with E-state index in [1.165, 1.54) is 19.3 Å². The molecule has 0 unspecified atom stereocenters. The molecular weight excluding hydrogens is 278 g/mol. The molecule has 1 fully saturated rings. The van der Waals surface area contributed by atoms with Gasteiger partial charge in [0.2, 0.25) is 0 Å². The molecule has 6 heteroatoms. The number of halogens is 2. The van der Waals surface area contributed by atoms with Crippen LogP contribution in [-0.2, 0) is 4.74 Å². The predicted octanol–water partition coefficient (Wildman–Crippen LogP) is 2.63. The second-order valence-electron chi connectivity index (χ2n) is 5.24. The van der Waals surface area contributed by atoms with Crippen LogP contribution in [0.25, 0.3) is 0 Å². The highest BCUT2D eigenvalue weighted by atomic mass is 19.1. The van der Waals surface area contributed by atoms with Gasteiger partial charge in [0.05, 0.1) is 12.7 Å². The number of anilines is 1. The first-order valence-corrected chi connectivity index (χ1v) is 7.22. The monoisotopic (exact) mass is 298 g/mol. The van der Waals surface area contributed by atoms with Gasteiger partial charge in [-0.15, -0.1) is 0 Å². The van der Waals surface area contributed by atoms with Gasteiger partial charge in [0.15, 0.2) is 0 Å². The Kier molecular flexibility index (Phi) is 5.50. The first-order chi connectivity index (χ1) is 10.1. The first kappa shape index (κ1) is 15.7. The van der Waals surface area contributed by atoms with E-state index in [2.05, 4.69) is 5.32 Å². The molecule has 0 radical (unpaired) electrons. The highest BCUT2D eigenvalue weighted by Crippen LogP contribution is 2.20. The topological polar surface area (TPSA) is 64.4 Å². The summed E-state index contributed by atoms with van der Waals surface area (Å²) in [6.45, 7) is 0.708. The first-order valence-electron chi connectivity index (χ1n) is 7.22. The van der Waals surface area contributed by atoms with E-state index in [0.29, 0.717) is 13.2 Å². The van der Waals surface area contributed by atoms with Crippen molar-refractivity contribution in [3.8, 4) is 0 Å². The van der Waals surface area contributed by atoms with Gasteiger partial charge in [-0.1, -0.05) is 19.3 Å². The molecular formula is C15H20F2N2O2. The fourth-order valence-corrected chi connectivity index (χ4v) is 2.44. The minimum absolute atomic E-state index is 0.0862. The highest BCUT2D eigenvalue weighted by molar-refractivity contribution is 5.94. The lowest BCUT2D eigenvalue weighted by Crippen LogP contribution is -2.29. The minimum atomic E-state index is -0.932. The summed E-state index contributed by atoms with van der Waals surface area (Å²) >= 11 is 0. The van der Waals surface area contributed by atoms with Crippen LogP contribution in [0.2, 0.25) is 0 Å². The smallest absolute Gasteiger partial charge is 0.251 e. The lowest BCUT2D eigenvalue weighted by atomic mass is 9.98. The summed E-state index contributed by atoms with van der Waals surface area (Å²) in [5.74, 6) is -2.41. The van der Waals surface area contributed by atoms with Crippen LogP contribution in [0, 0.1) is 11.6 Å². The van der Waals surface area contributed by atoms with Crippen LogP contribution in [0.1, 0.15) is 42.5 Å². The standard InChI is InChI=1S/C15H20F2N2O2/c16-12-8-10(9-13(17)14(12)18)15(20)19-6-7-21-11-4-2-1-3-5-11/h8-9,11H,1-7,18H2,(H,19,20). The van der Waals surface area contributed by atoms with Crippen molar-refractivity contribution in [2.75, 3.05) is 18.9 Å². The second-order valence-corrected chi connectivity index (χ2v) is 5.24. The molecule has 0 saturated heterocycles. The lowest BCUT2D eigenvalue weighted by Gasteiger charge is -2.22. The average molecular weight is 298 g/mol. The Balaban J connectivity index is 1.76. The van der Waals surface area contributed by atoms with E-state index in [1.807, 2.05) is 0 Å². The number of nitrogen functional groups attached to an aromatic ring is 1. The molecule has 1 aromatic carbocycles. The maximum Gasteiger partial charge on any atom is 0.251 e. The summed E-state index contributed by atoms with van der Waals surface area (Å²) in [7, 11) is 0. The van der Waals surface area contributed by atoms with Crippen molar-refractivity contribution in [2.24, 2.45) is 0 Å². The summed E-state index contributed by atoms with van der Waals surface area (Å²) in [6, 6.07) is 1.85. The third kappa shape index (κ3) is 4.39. The fourth-order valence-electron chi connectivity index (χ4n) is 2.44. The summed E-state index contributed by atoms with van der Waals surface area (Å²) < 4.78 is 32.2. The van der Waals surface area contributed by atoms with Gasteiger partial charge in [-0.05, 0) is 25.0 Å². The Morgan fingerprint density at radius 1 is 1.24 bits per heavy atom. The van der Waals surface area contributed by atoms with E-state index in [0.717, 1.165) is 25.0 Å². The number of nitrogens with one attached hydrogen (secondary N) is 1. The molecule has 21 heavy (non-hydrogen) atoms. The second kappa shape index (κ2) is 7.36. The molecule has 2 rings (SSSR count). The molecule has 1 saturated carbocycles. The quantitative estimate of drug-likeness (QED) is 0.649. The van der Waals surface area contributed by atoms with Crippen LogP contribution < -0.4 is 11.1 Å². The largest absolute Gasteiger partial charge is 0.394 e. The van der Waals surface area contributed by atoms with Crippen LogP contribution in [0.3, 0.4) is 0 Å². The van der Waals surface area contributed by atoms with Gasteiger partial charge in [-0.3, -0.25) is 4.79 Å². The molecule has 0 aromatic heterocycles. The number of hydrogen-bond acceptors (Lipinski definition) is 3. The Hall–Kier alpha value is -1.69. The molecule has 0 bridgehead atoms. The van der Waals surface area contributed by atoms with Gasteiger partial charge < -0.3 is 15.8 Å². The van der Waals surface area contributed by atoms with Crippen molar-refractivity contribution in [2.45, 2.75) is 38.2 Å². The van der Waals surface area contributed by atoms with E-state index in [4.69, 9.17) is 10.5 Å². The number of benzene rings is 1. The van der Waals surface area contributed by atoms with Crippen molar-refractivity contribution < 1.29 is 18.3 Å². The average Bonchev–Trinajstić information content (AvgIpc) is 2.49. The third-order valence-electron chi connectivity index (χ3n) is 3.63. The molecule has 0 spiro atoms. The van der Waals surface area contributed by atoms with Gasteiger partial charge in [0.25, 0.3) is 5.91 Å². The molecule has 1 aliphatic rings. The number of rotatable bonds is 5. The number of nitrogens with two attached hydrogens (primary N) is 1. The van der Waals surface area contributed by atoms with Crippen LogP contribution >= 0.6 is 0 Å². The zero-order valence-electron chi connectivity index (χ0n) is 11.8. The molecule has 0 heterocycles. The number of carbonyl (C=O) groups is 1. The fraction of sp³-hybridized carbons (Fsp3) is 0.533. The van der Waals surface area contributed by atoms with Gasteiger partial charge in [0.1, 0.15) is 17.3 Å². The molecule has 4 nitrogen and oxygen atoms in total. The molecule has 0 atom stereocenters. The van der Waals surface area contributed by atoms with E-state index < -0.39 is 23.2 Å². The van der Waals surface area contributed by atoms with Crippen LogP contribution in [0.4, 0.5) is 14.5 Å². The molecule has 0 aliphatic heterocycles. The summed E-state index contributed by atoms with van der Waals surface area (Å²) in [4.78, 5) is 11.8. The van der Waals surface area contributed by atoms with Crippen molar-refractivity contribution in [1.82, 2.24) is 5.32 Å². The van der Waals surface area contributed by atoms with Crippen molar-refractivity contribution in [3.63, 3.8) is 0 Å². The van der Waals surface area contributed by atoms with Gasteiger partial charge in [0, 0.05) is 12.1 Å². The molecule has 1 amide bonds. The maximum absolute atomic E-state index is 13.3. The van der Waals surface area contributed by atoms with E-state index in [9.17, 15) is 13.6 Å². The zero-order valence-corrected chi connectivity index (χ0v) is 11.8. The minimum Gasteiger partial charge on any atom is -0.394 e. The van der Waals surface area contributed by atoms with E-state index >= 15 is 0 Å². The zero-order chi connectivity index (χ0) is 15.2. The van der Waals surface area contributed by atoms with Crippen molar-refractivity contribution in [1.29, 1.82) is 0 Å². The molecule has 3 N–H and O–H groups in total. The number of carbonyl (C=O) groups excluding carboxylic acids is 1. The summed E-state index contributed by atoms with van der Waals surface area (Å²) in [5, 5.41) is 2.57. The van der Waals surface area contributed by atoms with Crippen molar-refractivity contribution >= 4 is 11.6 Å². The molecule has 1 aliphatic carbocycles. The van der Waals surface area contributed by atoms with Crippen molar-refractivity contribution in [3.05, 3.63) is 29.3 Å². The number of hydrogen-bond donors (Lipinski definition) is 2. The van der Waals surface area contributed by atoms with Crippen LogP contribution in [0.15, 0.2) is 12.1 Å². The predicted molar refractivity (Wildman–Crippen MR) is 75.9 cm³/mol. The maximum atomic E-state index is 13.3. The Morgan fingerprint density at radius 2 is 1.86 bits per heavy atom. The van der Waals surface area contributed by atoms with Gasteiger partial charge in [-0.2, -0.15) is 0 Å². The van der Waals surface area contributed by atoms with Crippen LogP contribution in [0.5, 0.6) is 0 Å². The Morgan fingerprint density at radius 3 is 2.48 bits per heavy atom. The van der Waals surface area contributed by atoms with Gasteiger partial charge in [-0.25, -0.2) is 8.78 Å².